The summed E-state index contributed by atoms with van der Waals surface area (Å²) in [6, 6.07) is 7.53. The lowest BCUT2D eigenvalue weighted by molar-refractivity contribution is -0.111. The molecule has 0 radical (unpaired) electrons. The lowest BCUT2D eigenvalue weighted by Crippen LogP contribution is -2.07. The molecule has 0 spiro atoms. The Morgan fingerprint density at radius 3 is 2.80 bits per heavy atom. The highest BCUT2D eigenvalue weighted by Crippen LogP contribution is 2.31. The number of rotatable bonds is 3. The van der Waals surface area contributed by atoms with Gasteiger partial charge in [-0.15, -0.1) is 11.3 Å². The zero-order chi connectivity index (χ0) is 14.7. The fraction of sp³-hybridized carbons (Fsp3) is 0.200. The smallest absolute Gasteiger partial charge is 0.250 e. The van der Waals surface area contributed by atoms with Crippen LogP contribution in [0.25, 0.3) is 11.3 Å². The topological polar surface area (TPSA) is 42.0 Å². The molecule has 104 valence electrons. The summed E-state index contributed by atoms with van der Waals surface area (Å²) in [5.41, 5.74) is 2.75. The van der Waals surface area contributed by atoms with Crippen molar-refractivity contribution in [2.45, 2.75) is 20.8 Å². The summed E-state index contributed by atoms with van der Waals surface area (Å²) in [4.78, 5) is 17.2. The molecule has 3 nitrogen and oxygen atoms in total. The lowest BCUT2D eigenvalue weighted by Gasteiger charge is -1.99. The van der Waals surface area contributed by atoms with Gasteiger partial charge >= 0.3 is 0 Å². The number of allylic oxidation sites excluding steroid dienone is 1. The molecule has 0 saturated heterocycles. The van der Waals surface area contributed by atoms with E-state index in [2.05, 4.69) is 10.3 Å². The van der Waals surface area contributed by atoms with Crippen LogP contribution < -0.4 is 5.32 Å². The van der Waals surface area contributed by atoms with E-state index in [1.165, 1.54) is 11.3 Å². The zero-order valence-electron chi connectivity index (χ0n) is 11.5. The van der Waals surface area contributed by atoms with Gasteiger partial charge in [-0.2, -0.15) is 0 Å². The van der Waals surface area contributed by atoms with Crippen molar-refractivity contribution in [2.75, 3.05) is 5.32 Å². The SMILES string of the molecule is CC(C)=CC(=O)Nc1nc(-c2cccc(Cl)c2)c(C)s1. The molecule has 2 rings (SSSR count). The second-order valence-corrected chi connectivity index (χ2v) is 6.28. The van der Waals surface area contributed by atoms with E-state index >= 15 is 0 Å². The molecule has 0 saturated carbocycles. The maximum atomic E-state index is 11.7. The van der Waals surface area contributed by atoms with Crippen LogP contribution in [0.15, 0.2) is 35.9 Å². The number of nitrogens with one attached hydrogen (secondary N) is 1. The molecule has 0 aliphatic rings. The first-order valence-electron chi connectivity index (χ1n) is 6.15. The molecule has 1 amide bonds. The highest BCUT2D eigenvalue weighted by molar-refractivity contribution is 7.16. The minimum Gasteiger partial charge on any atom is -0.298 e. The van der Waals surface area contributed by atoms with Crippen LogP contribution in [0.2, 0.25) is 5.02 Å². The van der Waals surface area contributed by atoms with E-state index in [1.54, 1.807) is 6.08 Å². The summed E-state index contributed by atoms with van der Waals surface area (Å²) in [7, 11) is 0. The van der Waals surface area contributed by atoms with Crippen molar-refractivity contribution in [1.82, 2.24) is 4.98 Å². The van der Waals surface area contributed by atoms with Crippen molar-refractivity contribution in [3.8, 4) is 11.3 Å². The number of aromatic nitrogens is 1. The number of carbonyl (C=O) groups is 1. The van der Waals surface area contributed by atoms with Crippen LogP contribution in [0.3, 0.4) is 0 Å². The second-order valence-electron chi connectivity index (χ2n) is 4.65. The fourth-order valence-electron chi connectivity index (χ4n) is 1.76. The molecule has 0 unspecified atom stereocenters. The predicted molar refractivity (Wildman–Crippen MR) is 85.4 cm³/mol. The van der Waals surface area contributed by atoms with Crippen LogP contribution in [-0.2, 0) is 4.79 Å². The second kappa shape index (κ2) is 6.20. The number of hydrogen-bond donors (Lipinski definition) is 1. The summed E-state index contributed by atoms with van der Waals surface area (Å²) in [5, 5.41) is 4.05. The van der Waals surface area contributed by atoms with Crippen molar-refractivity contribution >= 4 is 34.0 Å². The summed E-state index contributed by atoms with van der Waals surface area (Å²) in [5.74, 6) is -0.156. The van der Waals surface area contributed by atoms with Gasteiger partial charge in [-0.25, -0.2) is 4.98 Å². The molecule has 0 fully saturated rings. The van der Waals surface area contributed by atoms with Gasteiger partial charge in [-0.05, 0) is 32.9 Å². The monoisotopic (exact) mass is 306 g/mol. The van der Waals surface area contributed by atoms with Crippen molar-refractivity contribution in [3.63, 3.8) is 0 Å². The number of thiazole rings is 1. The van der Waals surface area contributed by atoms with Crippen molar-refractivity contribution in [3.05, 3.63) is 45.8 Å². The molecule has 1 aromatic heterocycles. The maximum Gasteiger partial charge on any atom is 0.250 e. The van der Waals surface area contributed by atoms with Crippen molar-refractivity contribution in [1.29, 1.82) is 0 Å². The van der Waals surface area contributed by atoms with Gasteiger partial charge in [0.1, 0.15) is 0 Å². The summed E-state index contributed by atoms with van der Waals surface area (Å²) in [6.07, 6.45) is 1.55. The quantitative estimate of drug-likeness (QED) is 0.837. The number of benzene rings is 1. The molecule has 1 N–H and O–H groups in total. The van der Waals surface area contributed by atoms with Gasteiger partial charge < -0.3 is 0 Å². The van der Waals surface area contributed by atoms with Crippen LogP contribution in [0.1, 0.15) is 18.7 Å². The number of carbonyl (C=O) groups excluding carboxylic acids is 1. The fourth-order valence-corrected chi connectivity index (χ4v) is 2.79. The minimum atomic E-state index is -0.156. The Bertz CT molecular complexity index is 672. The Morgan fingerprint density at radius 2 is 2.15 bits per heavy atom. The minimum absolute atomic E-state index is 0.156. The standard InChI is InChI=1S/C15H15ClN2OS/c1-9(2)7-13(19)17-15-18-14(10(3)20-15)11-5-4-6-12(16)8-11/h4-8H,1-3H3,(H,17,18,19). The molecule has 20 heavy (non-hydrogen) atoms. The first-order valence-corrected chi connectivity index (χ1v) is 7.34. The third-order valence-electron chi connectivity index (χ3n) is 2.54. The highest BCUT2D eigenvalue weighted by Gasteiger charge is 2.11. The highest BCUT2D eigenvalue weighted by atomic mass is 35.5. The van der Waals surface area contributed by atoms with E-state index < -0.39 is 0 Å². The Hall–Kier alpha value is -1.65. The molecule has 2 aromatic rings. The van der Waals surface area contributed by atoms with E-state index in [0.29, 0.717) is 10.2 Å². The van der Waals surface area contributed by atoms with Crippen LogP contribution in [0, 0.1) is 6.92 Å². The summed E-state index contributed by atoms with van der Waals surface area (Å²) >= 11 is 7.45. The van der Waals surface area contributed by atoms with Crippen molar-refractivity contribution in [2.24, 2.45) is 0 Å². The van der Waals surface area contributed by atoms with Crippen LogP contribution in [0.5, 0.6) is 0 Å². The van der Waals surface area contributed by atoms with E-state index in [0.717, 1.165) is 21.7 Å². The van der Waals surface area contributed by atoms with E-state index in [1.807, 2.05) is 45.0 Å². The molecule has 5 heteroatoms. The van der Waals surface area contributed by atoms with Gasteiger partial charge in [0.05, 0.1) is 5.69 Å². The number of aryl methyl sites for hydroxylation is 1. The lowest BCUT2D eigenvalue weighted by atomic mass is 10.1. The number of hydrogen-bond acceptors (Lipinski definition) is 3. The third-order valence-corrected chi connectivity index (χ3v) is 3.67. The van der Waals surface area contributed by atoms with Gasteiger partial charge in [0.25, 0.3) is 0 Å². The number of halogens is 1. The predicted octanol–water partition coefficient (Wildman–Crippen LogP) is 4.68. The number of amides is 1. The molecule has 0 aliphatic carbocycles. The molecule has 0 bridgehead atoms. The van der Waals surface area contributed by atoms with Crippen LogP contribution >= 0.6 is 22.9 Å². The maximum absolute atomic E-state index is 11.7. The zero-order valence-corrected chi connectivity index (χ0v) is 13.1. The third kappa shape index (κ3) is 3.68. The molecule has 0 atom stereocenters. The van der Waals surface area contributed by atoms with Crippen LogP contribution in [0.4, 0.5) is 5.13 Å². The first kappa shape index (κ1) is 14.8. The van der Waals surface area contributed by atoms with E-state index in [9.17, 15) is 4.79 Å². The number of nitrogens with zero attached hydrogens (tertiary/aromatic N) is 1. The van der Waals surface area contributed by atoms with Gasteiger partial charge in [-0.1, -0.05) is 29.3 Å². The van der Waals surface area contributed by atoms with Gasteiger partial charge in [0, 0.05) is 21.5 Å². The molecule has 0 aliphatic heterocycles. The summed E-state index contributed by atoms with van der Waals surface area (Å²) in [6.45, 7) is 5.73. The Kier molecular flexibility index (Phi) is 4.57. The Labute approximate surface area is 127 Å². The first-order chi connectivity index (χ1) is 9.45. The van der Waals surface area contributed by atoms with Crippen molar-refractivity contribution < 1.29 is 4.79 Å². The Morgan fingerprint density at radius 1 is 1.40 bits per heavy atom. The molecular weight excluding hydrogens is 292 g/mol. The number of anilines is 1. The van der Waals surface area contributed by atoms with Gasteiger partial charge in [-0.3, -0.25) is 10.1 Å². The van der Waals surface area contributed by atoms with Gasteiger partial charge in [0.15, 0.2) is 5.13 Å². The van der Waals surface area contributed by atoms with Crippen LogP contribution in [-0.4, -0.2) is 10.9 Å². The van der Waals surface area contributed by atoms with E-state index in [4.69, 9.17) is 11.6 Å². The summed E-state index contributed by atoms with van der Waals surface area (Å²) < 4.78 is 0. The average molecular weight is 307 g/mol. The average Bonchev–Trinajstić information content (AvgIpc) is 2.68. The van der Waals surface area contributed by atoms with E-state index in [-0.39, 0.29) is 5.91 Å². The largest absolute Gasteiger partial charge is 0.298 e. The van der Waals surface area contributed by atoms with Gasteiger partial charge in [0.2, 0.25) is 5.91 Å². The Balaban J connectivity index is 2.26. The molecule has 1 heterocycles. The molecular formula is C15H15ClN2OS. The normalized spacial score (nSPS) is 10.2. The molecule has 1 aromatic carbocycles.